The number of aryl methyl sites for hydroxylation is 1. The predicted molar refractivity (Wildman–Crippen MR) is 84.0 cm³/mol. The Balaban J connectivity index is 2.22. The van der Waals surface area contributed by atoms with Gasteiger partial charge in [0.25, 0.3) is 5.91 Å². The molecule has 0 aliphatic carbocycles. The number of carbonyl (C=O) groups excluding carboxylic acids is 1. The molecular weight excluding hydrogens is 288 g/mol. The van der Waals surface area contributed by atoms with E-state index < -0.39 is 0 Å². The maximum atomic E-state index is 11.9. The smallest absolute Gasteiger partial charge is 0.270 e. The summed E-state index contributed by atoms with van der Waals surface area (Å²) >= 11 is 5.93. The molecule has 21 heavy (non-hydrogen) atoms. The summed E-state index contributed by atoms with van der Waals surface area (Å²) in [6.07, 6.45) is 1.61. The Kier molecular flexibility index (Phi) is 4.90. The standard InChI is InChI=1S/C15H15ClN4O/c1-3-7-17-14(21)13-8-10(2)18-15(20-13)19-12-6-4-5-11(16)9-12/h3-6,8-9H,1,7H2,2H3,(H,17,21)(H,18,19,20). The number of aromatic nitrogens is 2. The normalized spacial score (nSPS) is 10.0. The minimum Gasteiger partial charge on any atom is -0.347 e. The van der Waals surface area contributed by atoms with Crippen molar-refractivity contribution >= 4 is 29.1 Å². The van der Waals surface area contributed by atoms with E-state index in [0.717, 1.165) is 5.69 Å². The van der Waals surface area contributed by atoms with Crippen LogP contribution >= 0.6 is 11.6 Å². The minimum atomic E-state index is -0.269. The van der Waals surface area contributed by atoms with Crippen molar-refractivity contribution in [1.82, 2.24) is 15.3 Å². The monoisotopic (exact) mass is 302 g/mol. The highest BCUT2D eigenvalue weighted by Gasteiger charge is 2.10. The van der Waals surface area contributed by atoms with Gasteiger partial charge in [0.05, 0.1) is 0 Å². The summed E-state index contributed by atoms with van der Waals surface area (Å²) in [6.45, 7) is 5.74. The van der Waals surface area contributed by atoms with Gasteiger partial charge in [-0.3, -0.25) is 4.79 Å². The molecule has 0 fully saturated rings. The van der Waals surface area contributed by atoms with Crippen LogP contribution in [0.2, 0.25) is 5.02 Å². The van der Waals surface area contributed by atoms with Crippen LogP contribution in [0.1, 0.15) is 16.2 Å². The Morgan fingerprint density at radius 2 is 2.19 bits per heavy atom. The molecule has 2 N–H and O–H groups in total. The molecule has 1 amide bonds. The molecule has 2 rings (SSSR count). The van der Waals surface area contributed by atoms with Gasteiger partial charge in [-0.15, -0.1) is 6.58 Å². The van der Waals surface area contributed by atoms with Gasteiger partial charge in [0, 0.05) is 22.9 Å². The average molecular weight is 303 g/mol. The van der Waals surface area contributed by atoms with Crippen LogP contribution in [-0.4, -0.2) is 22.4 Å². The molecule has 0 radical (unpaired) electrons. The van der Waals surface area contributed by atoms with Crippen LogP contribution in [0.25, 0.3) is 0 Å². The molecule has 2 aromatic rings. The highest BCUT2D eigenvalue weighted by atomic mass is 35.5. The Hall–Kier alpha value is -2.40. The largest absolute Gasteiger partial charge is 0.347 e. The van der Waals surface area contributed by atoms with Crippen LogP contribution < -0.4 is 10.6 Å². The second kappa shape index (κ2) is 6.85. The van der Waals surface area contributed by atoms with Gasteiger partial charge in [0.2, 0.25) is 5.95 Å². The molecule has 108 valence electrons. The fraction of sp³-hybridized carbons (Fsp3) is 0.133. The SMILES string of the molecule is C=CCNC(=O)c1cc(C)nc(Nc2cccc(Cl)c2)n1. The van der Waals surface area contributed by atoms with E-state index in [-0.39, 0.29) is 5.91 Å². The summed E-state index contributed by atoms with van der Waals surface area (Å²) < 4.78 is 0. The summed E-state index contributed by atoms with van der Waals surface area (Å²) in [6, 6.07) is 8.82. The third kappa shape index (κ3) is 4.29. The van der Waals surface area contributed by atoms with E-state index in [4.69, 9.17) is 11.6 Å². The van der Waals surface area contributed by atoms with Gasteiger partial charge < -0.3 is 10.6 Å². The Labute approximate surface area is 128 Å². The van der Waals surface area contributed by atoms with Gasteiger partial charge in [-0.2, -0.15) is 0 Å². The molecule has 1 aromatic heterocycles. The van der Waals surface area contributed by atoms with E-state index >= 15 is 0 Å². The number of nitrogens with one attached hydrogen (secondary N) is 2. The number of nitrogens with zero attached hydrogens (tertiary/aromatic N) is 2. The first kappa shape index (κ1) is 15.0. The van der Waals surface area contributed by atoms with Gasteiger partial charge in [0.1, 0.15) is 5.69 Å². The number of halogens is 1. The van der Waals surface area contributed by atoms with Crippen molar-refractivity contribution in [3.05, 3.63) is 59.4 Å². The summed E-state index contributed by atoms with van der Waals surface area (Å²) in [5, 5.41) is 6.32. The maximum Gasteiger partial charge on any atom is 0.270 e. The van der Waals surface area contributed by atoms with Crippen molar-refractivity contribution in [2.24, 2.45) is 0 Å². The highest BCUT2D eigenvalue weighted by Crippen LogP contribution is 2.18. The third-order valence-corrected chi connectivity index (χ3v) is 2.81. The van der Waals surface area contributed by atoms with Crippen molar-refractivity contribution in [1.29, 1.82) is 0 Å². The first-order chi connectivity index (χ1) is 10.1. The van der Waals surface area contributed by atoms with Gasteiger partial charge in [-0.1, -0.05) is 23.7 Å². The molecule has 6 heteroatoms. The summed E-state index contributed by atoms with van der Waals surface area (Å²) in [5.41, 5.74) is 1.75. The van der Waals surface area contributed by atoms with Gasteiger partial charge in [0.15, 0.2) is 0 Å². The first-order valence-corrected chi connectivity index (χ1v) is 6.73. The van der Waals surface area contributed by atoms with E-state index in [9.17, 15) is 4.79 Å². The molecule has 0 bridgehead atoms. The van der Waals surface area contributed by atoms with Crippen LogP contribution in [-0.2, 0) is 0 Å². The number of rotatable bonds is 5. The zero-order valence-electron chi connectivity index (χ0n) is 11.6. The zero-order valence-corrected chi connectivity index (χ0v) is 12.3. The molecule has 0 aliphatic heterocycles. The van der Waals surface area contributed by atoms with Crippen molar-refractivity contribution in [3.8, 4) is 0 Å². The molecule has 1 aromatic carbocycles. The van der Waals surface area contributed by atoms with Crippen LogP contribution in [0.5, 0.6) is 0 Å². The van der Waals surface area contributed by atoms with E-state index in [1.54, 1.807) is 31.2 Å². The maximum absolute atomic E-state index is 11.9. The molecule has 5 nitrogen and oxygen atoms in total. The molecule has 0 unspecified atom stereocenters. The fourth-order valence-electron chi connectivity index (χ4n) is 1.69. The van der Waals surface area contributed by atoms with Crippen LogP contribution in [0.4, 0.5) is 11.6 Å². The van der Waals surface area contributed by atoms with Gasteiger partial charge >= 0.3 is 0 Å². The molecule has 0 atom stereocenters. The van der Waals surface area contributed by atoms with Gasteiger partial charge in [-0.05, 0) is 31.2 Å². The predicted octanol–water partition coefficient (Wildman–Crippen LogP) is 3.10. The summed E-state index contributed by atoms with van der Waals surface area (Å²) in [7, 11) is 0. The molecule has 0 saturated heterocycles. The van der Waals surface area contributed by atoms with E-state index in [0.29, 0.717) is 28.9 Å². The molecule has 0 saturated carbocycles. The molecule has 0 spiro atoms. The van der Waals surface area contributed by atoms with E-state index in [1.807, 2.05) is 12.1 Å². The van der Waals surface area contributed by atoms with Crippen LogP contribution in [0.15, 0.2) is 43.0 Å². The third-order valence-electron chi connectivity index (χ3n) is 2.57. The highest BCUT2D eigenvalue weighted by molar-refractivity contribution is 6.30. The second-order valence-electron chi connectivity index (χ2n) is 4.35. The van der Waals surface area contributed by atoms with E-state index in [2.05, 4.69) is 27.2 Å². The average Bonchev–Trinajstić information content (AvgIpc) is 2.44. The molecule has 0 aliphatic rings. The summed E-state index contributed by atoms with van der Waals surface area (Å²) in [5.74, 6) is 0.0792. The second-order valence-corrected chi connectivity index (χ2v) is 4.79. The lowest BCUT2D eigenvalue weighted by Gasteiger charge is -2.08. The van der Waals surface area contributed by atoms with Crippen molar-refractivity contribution < 1.29 is 4.79 Å². The number of benzene rings is 1. The Bertz CT molecular complexity index is 672. The van der Waals surface area contributed by atoms with Crippen LogP contribution in [0.3, 0.4) is 0 Å². The van der Waals surface area contributed by atoms with Crippen molar-refractivity contribution in [2.45, 2.75) is 6.92 Å². The quantitative estimate of drug-likeness (QED) is 0.833. The lowest BCUT2D eigenvalue weighted by Crippen LogP contribution is -2.24. The van der Waals surface area contributed by atoms with E-state index in [1.165, 1.54) is 0 Å². The molecular formula is C15H15ClN4O. The minimum absolute atomic E-state index is 0.269. The number of amides is 1. The number of hydrogen-bond donors (Lipinski definition) is 2. The van der Waals surface area contributed by atoms with Crippen LogP contribution in [0, 0.1) is 6.92 Å². The summed E-state index contributed by atoms with van der Waals surface area (Å²) in [4.78, 5) is 20.4. The number of hydrogen-bond acceptors (Lipinski definition) is 4. The van der Waals surface area contributed by atoms with Gasteiger partial charge in [-0.25, -0.2) is 9.97 Å². The lowest BCUT2D eigenvalue weighted by molar-refractivity contribution is 0.0953. The first-order valence-electron chi connectivity index (χ1n) is 6.36. The lowest BCUT2D eigenvalue weighted by atomic mass is 10.3. The Morgan fingerprint density at radius 3 is 2.90 bits per heavy atom. The number of anilines is 2. The molecule has 1 heterocycles. The number of carbonyl (C=O) groups is 1. The van der Waals surface area contributed by atoms with Crippen molar-refractivity contribution in [3.63, 3.8) is 0 Å². The van der Waals surface area contributed by atoms with Crippen molar-refractivity contribution in [2.75, 3.05) is 11.9 Å². The fourth-order valence-corrected chi connectivity index (χ4v) is 1.88. The Morgan fingerprint density at radius 1 is 1.38 bits per heavy atom. The topological polar surface area (TPSA) is 66.9 Å². The zero-order chi connectivity index (χ0) is 15.2.